The minimum Gasteiger partial charge on any atom is -0.339 e. The molecule has 0 saturated heterocycles. The lowest BCUT2D eigenvalue weighted by Gasteiger charge is -2.34. The van der Waals surface area contributed by atoms with Gasteiger partial charge in [-0.2, -0.15) is 4.98 Å². The number of nitrogens with two attached hydrogens (primary N) is 1. The second-order valence-corrected chi connectivity index (χ2v) is 6.58. The van der Waals surface area contributed by atoms with E-state index in [1.165, 1.54) is 11.3 Å². The van der Waals surface area contributed by atoms with Crippen LogP contribution in [0.15, 0.2) is 16.7 Å². The van der Waals surface area contributed by atoms with Crippen LogP contribution in [-0.2, 0) is 5.54 Å². The van der Waals surface area contributed by atoms with Crippen molar-refractivity contribution >= 4 is 22.9 Å². The fraction of sp³-hybridized carbons (Fsp3) is 0.500. The summed E-state index contributed by atoms with van der Waals surface area (Å²) >= 11 is 7.47. The minimum atomic E-state index is -0.367. The van der Waals surface area contributed by atoms with Crippen LogP contribution >= 0.6 is 22.9 Å². The van der Waals surface area contributed by atoms with E-state index in [1.807, 2.05) is 19.1 Å². The molecule has 1 atom stereocenters. The summed E-state index contributed by atoms with van der Waals surface area (Å²) in [5, 5.41) is 4.02. The van der Waals surface area contributed by atoms with E-state index in [0.717, 1.165) is 28.5 Å². The molecule has 96 valence electrons. The lowest BCUT2D eigenvalue weighted by molar-refractivity contribution is 0.228. The van der Waals surface area contributed by atoms with Crippen molar-refractivity contribution in [2.75, 3.05) is 0 Å². The number of aromatic nitrogens is 2. The summed E-state index contributed by atoms with van der Waals surface area (Å²) in [6.07, 6.45) is 3.01. The highest BCUT2D eigenvalue weighted by molar-refractivity contribution is 7.16. The number of thiophene rings is 1. The monoisotopic (exact) mass is 283 g/mol. The average Bonchev–Trinajstić information content (AvgIpc) is 2.93. The van der Waals surface area contributed by atoms with E-state index >= 15 is 0 Å². The molecule has 1 aliphatic carbocycles. The van der Waals surface area contributed by atoms with Gasteiger partial charge in [0.1, 0.15) is 0 Å². The zero-order chi connectivity index (χ0) is 12.8. The van der Waals surface area contributed by atoms with Crippen molar-refractivity contribution in [2.24, 2.45) is 5.73 Å². The van der Waals surface area contributed by atoms with Gasteiger partial charge in [0.05, 0.1) is 15.8 Å². The van der Waals surface area contributed by atoms with E-state index in [9.17, 15) is 0 Å². The second kappa shape index (κ2) is 4.33. The van der Waals surface area contributed by atoms with Crippen molar-refractivity contribution in [1.29, 1.82) is 0 Å². The standard InChI is InChI=1S/C12H14ClN3OS/c1-7(8-3-4-9(13)18-8)10-15-11(16-17-10)12(14)5-2-6-12/h3-4,7H,2,5-6,14H2,1H3. The fourth-order valence-corrected chi connectivity index (χ4v) is 3.18. The van der Waals surface area contributed by atoms with Crippen molar-refractivity contribution in [3.8, 4) is 0 Å². The summed E-state index contributed by atoms with van der Waals surface area (Å²) in [4.78, 5) is 5.57. The number of hydrogen-bond acceptors (Lipinski definition) is 5. The molecule has 18 heavy (non-hydrogen) atoms. The van der Waals surface area contributed by atoms with Crippen LogP contribution in [0.4, 0.5) is 0 Å². The summed E-state index contributed by atoms with van der Waals surface area (Å²) in [5.74, 6) is 1.31. The Labute approximate surface area is 114 Å². The van der Waals surface area contributed by atoms with Crippen LogP contribution in [0.1, 0.15) is 48.7 Å². The molecule has 0 aromatic carbocycles. The number of rotatable bonds is 3. The van der Waals surface area contributed by atoms with Gasteiger partial charge in [0.25, 0.3) is 0 Å². The van der Waals surface area contributed by atoms with Gasteiger partial charge in [-0.15, -0.1) is 11.3 Å². The van der Waals surface area contributed by atoms with Gasteiger partial charge in [0, 0.05) is 4.88 Å². The summed E-state index contributed by atoms with van der Waals surface area (Å²) < 4.78 is 6.10. The van der Waals surface area contributed by atoms with E-state index in [2.05, 4.69) is 10.1 Å². The highest BCUT2D eigenvalue weighted by Crippen LogP contribution is 2.38. The predicted molar refractivity (Wildman–Crippen MR) is 70.9 cm³/mol. The van der Waals surface area contributed by atoms with Gasteiger partial charge in [0.2, 0.25) is 5.89 Å². The molecule has 1 saturated carbocycles. The van der Waals surface area contributed by atoms with Crippen molar-refractivity contribution in [2.45, 2.75) is 37.6 Å². The maximum Gasteiger partial charge on any atom is 0.234 e. The predicted octanol–water partition coefficient (Wildman–Crippen LogP) is 3.27. The summed E-state index contributed by atoms with van der Waals surface area (Å²) in [5.41, 5.74) is 5.81. The lowest BCUT2D eigenvalue weighted by atomic mass is 9.77. The Hall–Kier alpha value is -0.910. The van der Waals surface area contributed by atoms with Crippen molar-refractivity contribution in [3.05, 3.63) is 33.1 Å². The molecule has 0 radical (unpaired) electrons. The molecule has 1 aliphatic rings. The maximum atomic E-state index is 6.18. The first kappa shape index (κ1) is 12.1. The van der Waals surface area contributed by atoms with Crippen LogP contribution in [0.5, 0.6) is 0 Å². The molecule has 1 unspecified atom stereocenters. The molecule has 0 bridgehead atoms. The topological polar surface area (TPSA) is 64.9 Å². The third kappa shape index (κ3) is 1.96. The quantitative estimate of drug-likeness (QED) is 0.939. The molecule has 2 N–H and O–H groups in total. The van der Waals surface area contributed by atoms with Crippen LogP contribution in [0.25, 0.3) is 0 Å². The molecule has 2 heterocycles. The van der Waals surface area contributed by atoms with E-state index in [4.69, 9.17) is 21.9 Å². The Kier molecular flexibility index (Phi) is 2.92. The molecule has 2 aromatic heterocycles. The Morgan fingerprint density at radius 3 is 2.83 bits per heavy atom. The van der Waals surface area contributed by atoms with Crippen molar-refractivity contribution in [1.82, 2.24) is 10.1 Å². The van der Waals surface area contributed by atoms with Gasteiger partial charge in [-0.1, -0.05) is 16.8 Å². The van der Waals surface area contributed by atoms with Gasteiger partial charge >= 0.3 is 0 Å². The molecule has 6 heteroatoms. The SMILES string of the molecule is CC(c1nc(C2(N)CCC2)no1)c1ccc(Cl)s1. The third-order valence-electron chi connectivity index (χ3n) is 3.52. The van der Waals surface area contributed by atoms with E-state index < -0.39 is 0 Å². The zero-order valence-corrected chi connectivity index (χ0v) is 11.6. The molecule has 1 fully saturated rings. The second-order valence-electron chi connectivity index (χ2n) is 4.83. The van der Waals surface area contributed by atoms with E-state index in [1.54, 1.807) is 0 Å². The smallest absolute Gasteiger partial charge is 0.234 e. The lowest BCUT2D eigenvalue weighted by Crippen LogP contribution is -2.44. The molecular weight excluding hydrogens is 270 g/mol. The first-order valence-electron chi connectivity index (χ1n) is 5.97. The Balaban J connectivity index is 1.84. The van der Waals surface area contributed by atoms with Crippen LogP contribution in [0, 0.1) is 0 Å². The molecule has 0 aliphatic heterocycles. The normalized spacial score (nSPS) is 19.5. The van der Waals surface area contributed by atoms with E-state index in [0.29, 0.717) is 11.7 Å². The van der Waals surface area contributed by atoms with Gasteiger partial charge in [-0.05, 0) is 38.3 Å². The van der Waals surface area contributed by atoms with Crippen LogP contribution in [0.2, 0.25) is 4.34 Å². The summed E-state index contributed by atoms with van der Waals surface area (Å²) in [7, 11) is 0. The molecule has 0 spiro atoms. The highest BCUT2D eigenvalue weighted by atomic mass is 35.5. The van der Waals surface area contributed by atoms with Crippen LogP contribution in [-0.4, -0.2) is 10.1 Å². The molecule has 2 aromatic rings. The average molecular weight is 284 g/mol. The van der Waals surface area contributed by atoms with Crippen molar-refractivity contribution in [3.63, 3.8) is 0 Å². The molecule has 0 amide bonds. The first-order chi connectivity index (χ1) is 8.58. The molecule has 3 rings (SSSR count). The highest BCUT2D eigenvalue weighted by Gasteiger charge is 2.39. The Bertz CT molecular complexity index is 561. The number of hydrogen-bond donors (Lipinski definition) is 1. The van der Waals surface area contributed by atoms with Gasteiger partial charge in [0.15, 0.2) is 5.82 Å². The first-order valence-corrected chi connectivity index (χ1v) is 7.16. The Morgan fingerprint density at radius 1 is 1.50 bits per heavy atom. The van der Waals surface area contributed by atoms with Gasteiger partial charge in [-0.3, -0.25) is 0 Å². The van der Waals surface area contributed by atoms with Crippen LogP contribution in [0.3, 0.4) is 0 Å². The number of nitrogens with zero attached hydrogens (tertiary/aromatic N) is 2. The largest absolute Gasteiger partial charge is 0.339 e. The maximum absolute atomic E-state index is 6.18. The molecule has 4 nitrogen and oxygen atoms in total. The van der Waals surface area contributed by atoms with Crippen LogP contribution < -0.4 is 5.73 Å². The molecular formula is C12H14ClN3OS. The summed E-state index contributed by atoms with van der Waals surface area (Å²) in [6.45, 7) is 2.03. The zero-order valence-electron chi connectivity index (χ0n) is 10.0. The fourth-order valence-electron chi connectivity index (χ4n) is 2.08. The van der Waals surface area contributed by atoms with Gasteiger partial charge in [-0.25, -0.2) is 0 Å². The van der Waals surface area contributed by atoms with Gasteiger partial charge < -0.3 is 10.3 Å². The number of halogens is 1. The Morgan fingerprint density at radius 2 is 2.28 bits per heavy atom. The van der Waals surface area contributed by atoms with Crippen molar-refractivity contribution < 1.29 is 4.52 Å². The van der Waals surface area contributed by atoms with E-state index in [-0.39, 0.29) is 11.5 Å². The minimum absolute atomic E-state index is 0.0624. The summed E-state index contributed by atoms with van der Waals surface area (Å²) in [6, 6.07) is 3.87. The third-order valence-corrected chi connectivity index (χ3v) is 4.94.